The molecule has 1 unspecified atom stereocenters. The molecule has 0 aliphatic carbocycles. The Morgan fingerprint density at radius 2 is 2.10 bits per heavy atom. The number of carbonyl (C=O) groups excluding carboxylic acids is 1. The average Bonchev–Trinajstić information content (AvgIpc) is 2.85. The molecule has 5 heteroatoms. The van der Waals surface area contributed by atoms with Crippen molar-refractivity contribution < 1.29 is 9.21 Å². The van der Waals surface area contributed by atoms with Gasteiger partial charge in [-0.05, 0) is 44.5 Å². The summed E-state index contributed by atoms with van der Waals surface area (Å²) in [5.41, 5.74) is 2.66. The third kappa shape index (κ3) is 2.99. The van der Waals surface area contributed by atoms with Crippen LogP contribution in [-0.4, -0.2) is 17.9 Å². The number of amides is 1. The number of oxazole rings is 1. The van der Waals surface area contributed by atoms with E-state index in [4.69, 9.17) is 4.42 Å². The molecular formula is C15H19N3O2. The number of aryl methyl sites for hydroxylation is 2. The summed E-state index contributed by atoms with van der Waals surface area (Å²) in [5.74, 6) is 1.11. The summed E-state index contributed by atoms with van der Waals surface area (Å²) in [6.45, 7) is 5.63. The highest BCUT2D eigenvalue weighted by Gasteiger charge is 2.15. The van der Waals surface area contributed by atoms with Crippen LogP contribution in [0.15, 0.2) is 28.8 Å². The number of benzene rings is 1. The summed E-state index contributed by atoms with van der Waals surface area (Å²) in [4.78, 5) is 16.3. The van der Waals surface area contributed by atoms with Crippen molar-refractivity contribution in [1.29, 1.82) is 0 Å². The summed E-state index contributed by atoms with van der Waals surface area (Å²) >= 11 is 0. The van der Waals surface area contributed by atoms with Crippen LogP contribution in [0.4, 0.5) is 5.69 Å². The van der Waals surface area contributed by atoms with Crippen molar-refractivity contribution in [3.05, 3.63) is 47.2 Å². The highest BCUT2D eigenvalue weighted by atomic mass is 16.4. The first kappa shape index (κ1) is 14.1. The van der Waals surface area contributed by atoms with E-state index in [9.17, 15) is 4.79 Å². The van der Waals surface area contributed by atoms with Crippen LogP contribution in [-0.2, 0) is 0 Å². The molecule has 0 aliphatic heterocycles. The van der Waals surface area contributed by atoms with Gasteiger partial charge in [0.15, 0.2) is 0 Å². The zero-order chi connectivity index (χ0) is 14.7. The lowest BCUT2D eigenvalue weighted by molar-refractivity contribution is 0.0934. The van der Waals surface area contributed by atoms with E-state index in [1.807, 2.05) is 40.0 Å². The Morgan fingerprint density at radius 3 is 2.65 bits per heavy atom. The predicted molar refractivity (Wildman–Crippen MR) is 77.8 cm³/mol. The molecule has 20 heavy (non-hydrogen) atoms. The van der Waals surface area contributed by atoms with Crippen LogP contribution >= 0.6 is 0 Å². The van der Waals surface area contributed by atoms with Gasteiger partial charge < -0.3 is 15.1 Å². The summed E-state index contributed by atoms with van der Waals surface area (Å²) in [5, 5.41) is 5.95. The molecule has 106 valence electrons. The lowest BCUT2D eigenvalue weighted by Crippen LogP contribution is -2.26. The van der Waals surface area contributed by atoms with Crippen molar-refractivity contribution in [2.45, 2.75) is 26.8 Å². The van der Waals surface area contributed by atoms with E-state index < -0.39 is 0 Å². The van der Waals surface area contributed by atoms with Gasteiger partial charge in [0.25, 0.3) is 5.91 Å². The van der Waals surface area contributed by atoms with Crippen molar-refractivity contribution >= 4 is 11.6 Å². The summed E-state index contributed by atoms with van der Waals surface area (Å²) < 4.78 is 5.41. The van der Waals surface area contributed by atoms with Crippen molar-refractivity contribution in [2.75, 3.05) is 12.4 Å². The Bertz CT molecular complexity index is 619. The molecule has 1 aromatic heterocycles. The van der Waals surface area contributed by atoms with Gasteiger partial charge in [-0.2, -0.15) is 0 Å². The number of aromatic nitrogens is 1. The molecule has 0 saturated carbocycles. The number of carbonyl (C=O) groups is 1. The van der Waals surface area contributed by atoms with E-state index in [1.165, 1.54) is 0 Å². The fraction of sp³-hybridized carbons (Fsp3) is 0.333. The molecule has 0 fully saturated rings. The maximum absolute atomic E-state index is 12.2. The van der Waals surface area contributed by atoms with Gasteiger partial charge in [-0.25, -0.2) is 4.98 Å². The van der Waals surface area contributed by atoms with E-state index in [0.717, 1.165) is 17.0 Å². The lowest BCUT2D eigenvalue weighted by Gasteiger charge is -2.12. The van der Waals surface area contributed by atoms with Crippen LogP contribution in [0, 0.1) is 13.8 Å². The molecule has 1 heterocycles. The molecule has 2 rings (SSSR count). The third-order valence-electron chi connectivity index (χ3n) is 3.12. The Hall–Kier alpha value is -2.30. The summed E-state index contributed by atoms with van der Waals surface area (Å²) in [7, 11) is 1.86. The molecular weight excluding hydrogens is 254 g/mol. The second-order valence-corrected chi connectivity index (χ2v) is 4.78. The van der Waals surface area contributed by atoms with E-state index in [0.29, 0.717) is 11.5 Å². The molecule has 1 atom stereocenters. The van der Waals surface area contributed by atoms with E-state index >= 15 is 0 Å². The largest absolute Gasteiger partial charge is 0.444 e. The minimum atomic E-state index is -0.263. The van der Waals surface area contributed by atoms with E-state index in [-0.39, 0.29) is 11.9 Å². The molecule has 0 saturated heterocycles. The van der Waals surface area contributed by atoms with Gasteiger partial charge in [0.05, 0.1) is 6.20 Å². The van der Waals surface area contributed by atoms with Gasteiger partial charge in [0.1, 0.15) is 11.8 Å². The van der Waals surface area contributed by atoms with Crippen molar-refractivity contribution in [1.82, 2.24) is 10.3 Å². The van der Waals surface area contributed by atoms with Gasteiger partial charge >= 0.3 is 0 Å². The first-order chi connectivity index (χ1) is 9.51. The van der Waals surface area contributed by atoms with Crippen LogP contribution in [0.25, 0.3) is 0 Å². The Labute approximate surface area is 118 Å². The molecule has 2 aromatic rings. The minimum absolute atomic E-state index is 0.140. The van der Waals surface area contributed by atoms with Crippen molar-refractivity contribution in [2.24, 2.45) is 0 Å². The average molecular weight is 273 g/mol. The molecule has 0 radical (unpaired) electrons. The van der Waals surface area contributed by atoms with Crippen molar-refractivity contribution in [3.63, 3.8) is 0 Å². The third-order valence-corrected chi connectivity index (χ3v) is 3.12. The van der Waals surface area contributed by atoms with Gasteiger partial charge in [-0.1, -0.05) is 0 Å². The van der Waals surface area contributed by atoms with Crippen LogP contribution in [0.2, 0.25) is 0 Å². The molecule has 2 N–H and O–H groups in total. The lowest BCUT2D eigenvalue weighted by atomic mass is 10.1. The highest BCUT2D eigenvalue weighted by molar-refractivity contribution is 5.95. The molecule has 0 spiro atoms. The Balaban J connectivity index is 2.10. The molecule has 0 aliphatic rings. The smallest absolute Gasteiger partial charge is 0.251 e. The van der Waals surface area contributed by atoms with Crippen LogP contribution in [0.5, 0.6) is 0 Å². The number of hydrogen-bond acceptors (Lipinski definition) is 4. The van der Waals surface area contributed by atoms with Crippen LogP contribution in [0.1, 0.15) is 40.5 Å². The fourth-order valence-corrected chi connectivity index (χ4v) is 2.00. The standard InChI is InChI=1S/C15H19N3O2/c1-9-7-12(5-6-13(9)16-4)14(19)18-11(3)15-17-8-10(2)20-15/h5-8,11,16H,1-4H3,(H,18,19). The fourth-order valence-electron chi connectivity index (χ4n) is 2.00. The van der Waals surface area contributed by atoms with Gasteiger partial charge in [-0.3, -0.25) is 4.79 Å². The molecule has 1 amide bonds. The number of anilines is 1. The van der Waals surface area contributed by atoms with Gasteiger partial charge in [-0.15, -0.1) is 0 Å². The Kier molecular flexibility index (Phi) is 4.08. The van der Waals surface area contributed by atoms with Crippen LogP contribution < -0.4 is 10.6 Å². The quantitative estimate of drug-likeness (QED) is 0.899. The highest BCUT2D eigenvalue weighted by Crippen LogP contribution is 2.17. The first-order valence-corrected chi connectivity index (χ1v) is 6.53. The zero-order valence-electron chi connectivity index (χ0n) is 12.2. The number of rotatable bonds is 4. The monoisotopic (exact) mass is 273 g/mol. The van der Waals surface area contributed by atoms with Crippen LogP contribution in [0.3, 0.4) is 0 Å². The second kappa shape index (κ2) is 5.77. The van der Waals surface area contributed by atoms with Crippen molar-refractivity contribution in [3.8, 4) is 0 Å². The SMILES string of the molecule is CNc1ccc(C(=O)NC(C)c2ncc(C)o2)cc1C. The number of hydrogen-bond donors (Lipinski definition) is 2. The minimum Gasteiger partial charge on any atom is -0.444 e. The summed E-state index contributed by atoms with van der Waals surface area (Å²) in [6.07, 6.45) is 1.64. The van der Waals surface area contributed by atoms with E-state index in [2.05, 4.69) is 15.6 Å². The first-order valence-electron chi connectivity index (χ1n) is 6.53. The molecule has 1 aromatic carbocycles. The number of nitrogens with one attached hydrogen (secondary N) is 2. The van der Waals surface area contributed by atoms with E-state index in [1.54, 1.807) is 12.3 Å². The normalized spacial score (nSPS) is 12.0. The van der Waals surface area contributed by atoms with Gasteiger partial charge in [0, 0.05) is 18.3 Å². The topological polar surface area (TPSA) is 67.2 Å². The summed E-state index contributed by atoms with van der Waals surface area (Å²) in [6, 6.07) is 5.28. The Morgan fingerprint density at radius 1 is 1.35 bits per heavy atom. The van der Waals surface area contributed by atoms with Gasteiger partial charge in [0.2, 0.25) is 5.89 Å². The molecule has 5 nitrogen and oxygen atoms in total. The number of nitrogens with zero attached hydrogens (tertiary/aromatic N) is 1. The second-order valence-electron chi connectivity index (χ2n) is 4.78. The molecule has 0 bridgehead atoms. The maximum Gasteiger partial charge on any atom is 0.251 e. The maximum atomic E-state index is 12.2. The predicted octanol–water partition coefficient (Wildman–Crippen LogP) is 2.82. The zero-order valence-corrected chi connectivity index (χ0v) is 12.2.